The number of imide groups is 1. The number of amides is 2. The van der Waals surface area contributed by atoms with Gasteiger partial charge in [-0.1, -0.05) is 12.2 Å². The maximum Gasteiger partial charge on any atom is 0.294 e. The Bertz CT molecular complexity index is 1200. The van der Waals surface area contributed by atoms with Gasteiger partial charge in [0.2, 0.25) is 11.8 Å². The van der Waals surface area contributed by atoms with Gasteiger partial charge in [-0.3, -0.25) is 19.7 Å². The van der Waals surface area contributed by atoms with Gasteiger partial charge in [0, 0.05) is 37.9 Å². The van der Waals surface area contributed by atoms with E-state index in [2.05, 4.69) is 4.90 Å². The lowest BCUT2D eigenvalue weighted by Crippen LogP contribution is -2.46. The van der Waals surface area contributed by atoms with Crippen LogP contribution in [0.15, 0.2) is 54.6 Å². The summed E-state index contributed by atoms with van der Waals surface area (Å²) >= 11 is 0. The molecular weight excluding hydrogens is 448 g/mol. The summed E-state index contributed by atoms with van der Waals surface area (Å²) in [4.78, 5) is 43.3. The molecule has 2 aliphatic carbocycles. The standard InChI is InChI=1S/C26H26N4O5/c1-35-20-7-4-18(5-8-20)27-10-12-28(13-11-27)21-9-6-19(15-22(21)30(33)34)29-25(31)23-16-2-3-17(14-16)24(23)26(29)32/h2-9,15-17,23-24H,10-14H2,1H3/t16-,17-,23-,24-/m0/s1. The molecule has 0 N–H and O–H groups in total. The predicted octanol–water partition coefficient (Wildman–Crippen LogP) is 3.24. The van der Waals surface area contributed by atoms with Crippen molar-refractivity contribution in [1.29, 1.82) is 0 Å². The molecule has 0 radical (unpaired) electrons. The van der Waals surface area contributed by atoms with Crippen LogP contribution >= 0.6 is 0 Å². The zero-order chi connectivity index (χ0) is 24.3. The van der Waals surface area contributed by atoms with Crippen molar-refractivity contribution in [3.63, 3.8) is 0 Å². The van der Waals surface area contributed by atoms with Crippen LogP contribution in [0.3, 0.4) is 0 Å². The van der Waals surface area contributed by atoms with Crippen molar-refractivity contribution in [2.45, 2.75) is 6.42 Å². The number of nitrogens with zero attached hydrogens (tertiary/aromatic N) is 4. The van der Waals surface area contributed by atoms with E-state index in [-0.39, 0.29) is 41.2 Å². The maximum atomic E-state index is 13.1. The molecule has 4 aliphatic rings. The maximum absolute atomic E-state index is 13.1. The van der Waals surface area contributed by atoms with Crippen LogP contribution in [0.4, 0.5) is 22.7 Å². The number of carbonyl (C=O) groups excluding carboxylic acids is 2. The zero-order valence-corrected chi connectivity index (χ0v) is 19.4. The molecule has 3 fully saturated rings. The molecule has 1 saturated carbocycles. The second kappa shape index (κ2) is 8.11. The molecule has 2 aliphatic heterocycles. The smallest absolute Gasteiger partial charge is 0.294 e. The molecule has 2 saturated heterocycles. The van der Waals surface area contributed by atoms with Crippen molar-refractivity contribution in [2.75, 3.05) is 48.0 Å². The van der Waals surface area contributed by atoms with Crippen LogP contribution in [0.2, 0.25) is 0 Å². The van der Waals surface area contributed by atoms with Gasteiger partial charge < -0.3 is 14.5 Å². The van der Waals surface area contributed by atoms with Crippen LogP contribution in [0, 0.1) is 33.8 Å². The van der Waals surface area contributed by atoms with Gasteiger partial charge in [-0.15, -0.1) is 0 Å². The van der Waals surface area contributed by atoms with Crippen molar-refractivity contribution in [3.05, 3.63) is 64.7 Å². The minimum absolute atomic E-state index is 0.0841. The van der Waals surface area contributed by atoms with E-state index >= 15 is 0 Å². The number of benzene rings is 2. The average Bonchev–Trinajstić information content (AvgIpc) is 3.57. The molecule has 9 nitrogen and oxygen atoms in total. The van der Waals surface area contributed by atoms with Crippen LogP contribution < -0.4 is 19.4 Å². The number of anilines is 3. The second-order valence-electron chi connectivity index (χ2n) is 9.61. The van der Waals surface area contributed by atoms with Gasteiger partial charge in [0.05, 0.1) is 29.6 Å². The predicted molar refractivity (Wildman–Crippen MR) is 131 cm³/mol. The first kappa shape index (κ1) is 21.6. The number of allylic oxidation sites excluding steroid dienone is 2. The first-order valence-electron chi connectivity index (χ1n) is 11.9. The number of rotatable bonds is 5. The van der Waals surface area contributed by atoms with Crippen LogP contribution in [0.25, 0.3) is 0 Å². The molecule has 2 bridgehead atoms. The van der Waals surface area contributed by atoms with E-state index in [0.717, 1.165) is 17.9 Å². The number of nitro groups is 1. The fourth-order valence-electron chi connectivity index (χ4n) is 6.22. The Kier molecular flexibility index (Phi) is 5.01. The third-order valence-electron chi connectivity index (χ3n) is 7.94. The zero-order valence-electron chi connectivity index (χ0n) is 19.4. The van der Waals surface area contributed by atoms with E-state index in [1.165, 1.54) is 11.0 Å². The van der Waals surface area contributed by atoms with Crippen molar-refractivity contribution >= 4 is 34.6 Å². The third kappa shape index (κ3) is 3.37. The van der Waals surface area contributed by atoms with Gasteiger partial charge in [0.25, 0.3) is 5.69 Å². The quantitative estimate of drug-likeness (QED) is 0.284. The van der Waals surface area contributed by atoms with Gasteiger partial charge in [0.15, 0.2) is 0 Å². The lowest BCUT2D eigenvalue weighted by molar-refractivity contribution is -0.384. The Balaban J connectivity index is 1.22. The number of ether oxygens (including phenoxy) is 1. The summed E-state index contributed by atoms with van der Waals surface area (Å²) in [6.45, 7) is 2.67. The minimum atomic E-state index is -0.425. The largest absolute Gasteiger partial charge is 0.497 e. The number of hydrogen-bond acceptors (Lipinski definition) is 7. The molecule has 2 aromatic carbocycles. The Morgan fingerprint density at radius 2 is 1.43 bits per heavy atom. The molecule has 180 valence electrons. The summed E-state index contributed by atoms with van der Waals surface area (Å²) < 4.78 is 5.22. The Hall–Kier alpha value is -3.88. The van der Waals surface area contributed by atoms with Crippen molar-refractivity contribution in [2.24, 2.45) is 23.7 Å². The van der Waals surface area contributed by atoms with Gasteiger partial charge in [-0.05, 0) is 54.7 Å². The highest BCUT2D eigenvalue weighted by Crippen LogP contribution is 2.53. The number of methoxy groups -OCH3 is 1. The fraction of sp³-hybridized carbons (Fsp3) is 0.385. The molecule has 2 heterocycles. The van der Waals surface area contributed by atoms with Gasteiger partial charge in [0.1, 0.15) is 11.4 Å². The van der Waals surface area contributed by atoms with Gasteiger partial charge in [-0.25, -0.2) is 4.90 Å². The molecule has 2 aromatic rings. The van der Waals surface area contributed by atoms with E-state index < -0.39 is 4.92 Å². The SMILES string of the molecule is COc1ccc(N2CCN(c3ccc(N4C(=O)[C@@H]5[C@@H](C4=O)[C@H]4C=C[C@H]5C4)cc3[N+](=O)[O-])CC2)cc1. The molecular formula is C26H26N4O5. The molecule has 0 unspecified atom stereocenters. The molecule has 6 rings (SSSR count). The lowest BCUT2D eigenvalue weighted by atomic mass is 9.85. The molecule has 4 atom stereocenters. The normalized spacial score (nSPS) is 27.1. The Labute approximate surface area is 202 Å². The fourth-order valence-corrected chi connectivity index (χ4v) is 6.22. The highest BCUT2D eigenvalue weighted by atomic mass is 16.6. The van der Waals surface area contributed by atoms with Gasteiger partial charge in [-0.2, -0.15) is 0 Å². The van der Waals surface area contributed by atoms with Crippen molar-refractivity contribution in [3.8, 4) is 5.75 Å². The molecule has 0 spiro atoms. The summed E-state index contributed by atoms with van der Waals surface area (Å²) in [5.74, 6) is -0.125. The van der Waals surface area contributed by atoms with Crippen molar-refractivity contribution in [1.82, 2.24) is 0 Å². The van der Waals surface area contributed by atoms with E-state index in [9.17, 15) is 19.7 Å². The first-order chi connectivity index (χ1) is 17.0. The van der Waals surface area contributed by atoms with Crippen LogP contribution in [0.1, 0.15) is 6.42 Å². The summed E-state index contributed by atoms with van der Waals surface area (Å²) in [5.41, 5.74) is 1.80. The molecule has 35 heavy (non-hydrogen) atoms. The summed E-state index contributed by atoms with van der Waals surface area (Å²) in [5, 5.41) is 12.0. The van der Waals surface area contributed by atoms with Crippen LogP contribution in [-0.2, 0) is 9.59 Å². The number of nitro benzene ring substituents is 1. The second-order valence-corrected chi connectivity index (χ2v) is 9.61. The summed E-state index contributed by atoms with van der Waals surface area (Å²) in [6, 6.07) is 12.6. The third-order valence-corrected chi connectivity index (χ3v) is 7.94. The average molecular weight is 475 g/mol. The highest BCUT2D eigenvalue weighted by molar-refractivity contribution is 6.23. The van der Waals surface area contributed by atoms with Gasteiger partial charge >= 0.3 is 0 Å². The number of fused-ring (bicyclic) bond motifs is 5. The van der Waals surface area contributed by atoms with E-state index in [1.807, 2.05) is 41.3 Å². The van der Waals surface area contributed by atoms with Crippen molar-refractivity contribution < 1.29 is 19.2 Å². The number of hydrogen-bond donors (Lipinski definition) is 0. The van der Waals surface area contributed by atoms with E-state index in [1.54, 1.807) is 19.2 Å². The molecule has 9 heteroatoms. The Morgan fingerprint density at radius 1 is 0.857 bits per heavy atom. The molecule has 0 aromatic heterocycles. The van der Waals surface area contributed by atoms with Crippen LogP contribution in [-0.4, -0.2) is 50.0 Å². The topological polar surface area (TPSA) is 96.2 Å². The minimum Gasteiger partial charge on any atom is -0.497 e. The van der Waals surface area contributed by atoms with E-state index in [0.29, 0.717) is 37.6 Å². The summed E-state index contributed by atoms with van der Waals surface area (Å²) in [6.07, 6.45) is 4.93. The first-order valence-corrected chi connectivity index (χ1v) is 11.9. The Morgan fingerprint density at radius 3 is 2.00 bits per heavy atom. The number of piperazine rings is 1. The summed E-state index contributed by atoms with van der Waals surface area (Å²) in [7, 11) is 1.63. The number of carbonyl (C=O) groups is 2. The monoisotopic (exact) mass is 474 g/mol. The molecule has 2 amide bonds. The highest BCUT2D eigenvalue weighted by Gasteiger charge is 2.59. The lowest BCUT2D eigenvalue weighted by Gasteiger charge is -2.37. The van der Waals surface area contributed by atoms with Crippen LogP contribution in [0.5, 0.6) is 5.75 Å². The van der Waals surface area contributed by atoms with E-state index in [4.69, 9.17) is 4.74 Å².